The van der Waals surface area contributed by atoms with Crippen molar-refractivity contribution in [1.29, 1.82) is 5.26 Å². The number of benzene rings is 2. The Bertz CT molecular complexity index is 984. The largest absolute Gasteiger partial charge is 0.448 e. The Labute approximate surface area is 171 Å². The first-order valence-electron chi connectivity index (χ1n) is 9.72. The van der Waals surface area contributed by atoms with Crippen LogP contribution in [0.1, 0.15) is 43.4 Å². The van der Waals surface area contributed by atoms with Crippen LogP contribution in [0, 0.1) is 11.3 Å². The van der Waals surface area contributed by atoms with E-state index < -0.39 is 12.1 Å². The molecule has 0 saturated heterocycles. The van der Waals surface area contributed by atoms with Gasteiger partial charge < -0.3 is 9.64 Å². The number of carbonyl (C=O) groups excluding carboxylic acids is 2. The van der Waals surface area contributed by atoms with Crippen molar-refractivity contribution in [2.45, 2.75) is 39.2 Å². The highest BCUT2D eigenvalue weighted by Gasteiger charge is 2.30. The van der Waals surface area contributed by atoms with Crippen molar-refractivity contribution in [1.82, 2.24) is 0 Å². The number of fused-ring (bicyclic) bond motifs is 1. The van der Waals surface area contributed by atoms with E-state index in [2.05, 4.69) is 13.8 Å². The number of amides is 1. The molecule has 0 saturated carbocycles. The summed E-state index contributed by atoms with van der Waals surface area (Å²) in [7, 11) is 0. The summed E-state index contributed by atoms with van der Waals surface area (Å²) in [6.45, 7) is 6.29. The minimum atomic E-state index is -0.978. The quantitative estimate of drug-likeness (QED) is 0.436. The van der Waals surface area contributed by atoms with Crippen LogP contribution in [0.4, 0.5) is 5.69 Å². The average molecular weight is 388 g/mol. The molecule has 0 radical (unpaired) electrons. The van der Waals surface area contributed by atoms with Gasteiger partial charge in [0.05, 0.1) is 0 Å². The third-order valence-corrected chi connectivity index (χ3v) is 5.04. The van der Waals surface area contributed by atoms with Crippen LogP contribution in [0.5, 0.6) is 0 Å². The Morgan fingerprint density at radius 3 is 2.45 bits per heavy atom. The number of esters is 1. The van der Waals surface area contributed by atoms with Crippen LogP contribution in [0.2, 0.25) is 0 Å². The lowest BCUT2D eigenvalue weighted by molar-refractivity contribution is -0.149. The molecule has 1 aliphatic heterocycles. The Hall–Kier alpha value is -3.39. The zero-order valence-corrected chi connectivity index (χ0v) is 16.9. The SMILES string of the molecule is CC(C)c1ccc(/C=C(\C#N)C(=O)O[C@@H](C)C(=O)N2CCc3ccccc32)cc1. The number of nitrogens with zero attached hydrogens (tertiary/aromatic N) is 2. The Morgan fingerprint density at radius 2 is 1.79 bits per heavy atom. The van der Waals surface area contributed by atoms with Crippen LogP contribution < -0.4 is 4.90 Å². The van der Waals surface area contributed by atoms with E-state index in [-0.39, 0.29) is 11.5 Å². The second-order valence-corrected chi connectivity index (χ2v) is 7.41. The molecule has 0 unspecified atom stereocenters. The van der Waals surface area contributed by atoms with Crippen molar-refractivity contribution in [3.63, 3.8) is 0 Å². The van der Waals surface area contributed by atoms with Gasteiger partial charge in [-0.05, 0) is 48.1 Å². The molecule has 0 aromatic heterocycles. The smallest absolute Gasteiger partial charge is 0.349 e. The van der Waals surface area contributed by atoms with Gasteiger partial charge in [0.15, 0.2) is 6.10 Å². The second-order valence-electron chi connectivity index (χ2n) is 7.41. The minimum absolute atomic E-state index is 0.135. The van der Waals surface area contributed by atoms with Crippen LogP contribution >= 0.6 is 0 Å². The predicted octanol–water partition coefficient (Wildman–Crippen LogP) is 4.24. The summed E-state index contributed by atoms with van der Waals surface area (Å²) < 4.78 is 5.31. The number of hydrogen-bond acceptors (Lipinski definition) is 4. The Balaban J connectivity index is 1.69. The molecule has 1 atom stereocenters. The lowest BCUT2D eigenvalue weighted by Crippen LogP contribution is -2.39. The number of rotatable bonds is 5. The zero-order valence-electron chi connectivity index (χ0n) is 16.9. The zero-order chi connectivity index (χ0) is 21.0. The molecular formula is C24H24N2O3. The maximum Gasteiger partial charge on any atom is 0.349 e. The van der Waals surface area contributed by atoms with Crippen molar-refractivity contribution in [2.24, 2.45) is 0 Å². The fourth-order valence-corrected chi connectivity index (χ4v) is 3.34. The van der Waals surface area contributed by atoms with E-state index in [4.69, 9.17) is 4.74 Å². The van der Waals surface area contributed by atoms with E-state index in [1.807, 2.05) is 54.6 Å². The van der Waals surface area contributed by atoms with Crippen LogP contribution in [0.15, 0.2) is 54.1 Å². The first kappa shape index (κ1) is 20.3. The van der Waals surface area contributed by atoms with E-state index in [1.54, 1.807) is 4.90 Å². The van der Waals surface area contributed by atoms with Gasteiger partial charge in [0.1, 0.15) is 11.6 Å². The number of carbonyl (C=O) groups is 2. The molecule has 3 rings (SSSR count). The standard InChI is InChI=1S/C24H24N2O3/c1-16(2)19-10-8-18(9-11-19)14-21(15-25)24(28)29-17(3)23(27)26-13-12-20-6-4-5-7-22(20)26/h4-11,14,16-17H,12-13H2,1-3H3/b21-14+/t17-/m0/s1. The van der Waals surface area contributed by atoms with Crippen molar-refractivity contribution in [2.75, 3.05) is 11.4 Å². The molecule has 148 valence electrons. The summed E-state index contributed by atoms with van der Waals surface area (Å²) in [5, 5.41) is 9.38. The Kier molecular flexibility index (Phi) is 6.13. The van der Waals surface area contributed by atoms with Gasteiger partial charge in [0.2, 0.25) is 0 Å². The van der Waals surface area contributed by atoms with Gasteiger partial charge in [0.25, 0.3) is 5.91 Å². The number of hydrogen-bond donors (Lipinski definition) is 0. The predicted molar refractivity (Wildman–Crippen MR) is 112 cm³/mol. The maximum absolute atomic E-state index is 12.8. The van der Waals surface area contributed by atoms with Gasteiger partial charge in [0, 0.05) is 12.2 Å². The third kappa shape index (κ3) is 4.55. The van der Waals surface area contributed by atoms with Gasteiger partial charge in [-0.25, -0.2) is 4.79 Å². The molecule has 1 heterocycles. The fraction of sp³-hybridized carbons (Fsp3) is 0.292. The topological polar surface area (TPSA) is 70.4 Å². The molecule has 1 amide bonds. The molecule has 0 spiro atoms. The van der Waals surface area contributed by atoms with E-state index in [0.29, 0.717) is 12.5 Å². The molecule has 0 bridgehead atoms. The molecule has 2 aromatic carbocycles. The highest BCUT2D eigenvalue weighted by Crippen LogP contribution is 2.28. The minimum Gasteiger partial charge on any atom is -0.448 e. The molecule has 0 aliphatic carbocycles. The summed E-state index contributed by atoms with van der Waals surface area (Å²) in [5.41, 5.74) is 3.72. The average Bonchev–Trinajstić information content (AvgIpc) is 3.15. The van der Waals surface area contributed by atoms with Crippen LogP contribution in [0.25, 0.3) is 6.08 Å². The van der Waals surface area contributed by atoms with Crippen LogP contribution in [0.3, 0.4) is 0 Å². The first-order chi connectivity index (χ1) is 13.9. The summed E-state index contributed by atoms with van der Waals surface area (Å²) in [5.74, 6) is -0.688. The monoisotopic (exact) mass is 388 g/mol. The molecule has 5 heteroatoms. The molecule has 0 fully saturated rings. The fourth-order valence-electron chi connectivity index (χ4n) is 3.34. The third-order valence-electron chi connectivity index (χ3n) is 5.04. The number of ether oxygens (including phenoxy) is 1. The van der Waals surface area contributed by atoms with Gasteiger partial charge in [-0.15, -0.1) is 0 Å². The maximum atomic E-state index is 12.8. The van der Waals surface area contributed by atoms with Gasteiger partial charge in [-0.2, -0.15) is 5.26 Å². The number of para-hydroxylation sites is 1. The van der Waals surface area contributed by atoms with Crippen LogP contribution in [-0.4, -0.2) is 24.5 Å². The van der Waals surface area contributed by atoms with Gasteiger partial charge >= 0.3 is 5.97 Å². The van der Waals surface area contributed by atoms with Crippen molar-refractivity contribution in [3.05, 3.63) is 70.8 Å². The van der Waals surface area contributed by atoms with Crippen LogP contribution in [-0.2, 0) is 20.7 Å². The highest BCUT2D eigenvalue weighted by molar-refractivity contribution is 6.02. The van der Waals surface area contributed by atoms with E-state index in [1.165, 1.54) is 18.6 Å². The molecule has 2 aromatic rings. The summed E-state index contributed by atoms with van der Waals surface area (Å²) in [4.78, 5) is 26.8. The Morgan fingerprint density at radius 1 is 1.10 bits per heavy atom. The normalized spacial score (nSPS) is 14.3. The van der Waals surface area contributed by atoms with E-state index in [0.717, 1.165) is 23.2 Å². The second kappa shape index (κ2) is 8.74. The van der Waals surface area contributed by atoms with E-state index >= 15 is 0 Å². The molecule has 0 N–H and O–H groups in total. The molecule has 1 aliphatic rings. The van der Waals surface area contributed by atoms with Gasteiger partial charge in [-0.3, -0.25) is 4.79 Å². The highest BCUT2D eigenvalue weighted by atomic mass is 16.5. The first-order valence-corrected chi connectivity index (χ1v) is 9.72. The summed E-state index contributed by atoms with van der Waals surface area (Å²) in [6, 6.07) is 17.2. The summed E-state index contributed by atoms with van der Waals surface area (Å²) in [6.07, 6.45) is 1.28. The lowest BCUT2D eigenvalue weighted by atomic mass is 10.0. The number of nitriles is 1. The van der Waals surface area contributed by atoms with Crippen molar-refractivity contribution >= 4 is 23.6 Å². The molecular weight excluding hydrogens is 364 g/mol. The van der Waals surface area contributed by atoms with Crippen molar-refractivity contribution in [3.8, 4) is 6.07 Å². The number of anilines is 1. The van der Waals surface area contributed by atoms with E-state index in [9.17, 15) is 14.9 Å². The van der Waals surface area contributed by atoms with Gasteiger partial charge in [-0.1, -0.05) is 56.3 Å². The summed E-state index contributed by atoms with van der Waals surface area (Å²) >= 11 is 0. The molecule has 29 heavy (non-hydrogen) atoms. The van der Waals surface area contributed by atoms with Crippen molar-refractivity contribution < 1.29 is 14.3 Å². The lowest BCUT2D eigenvalue weighted by Gasteiger charge is -2.21. The molecule has 5 nitrogen and oxygen atoms in total.